The molecule has 0 atom stereocenters. The van der Waals surface area contributed by atoms with Gasteiger partial charge < -0.3 is 10.2 Å². The molecule has 50 valence electrons. The van der Waals surface area contributed by atoms with Crippen LogP contribution in [0.1, 0.15) is 25.7 Å². The van der Waals surface area contributed by atoms with Gasteiger partial charge in [0.1, 0.15) is 0 Å². The van der Waals surface area contributed by atoms with E-state index in [4.69, 9.17) is 10.2 Å². The van der Waals surface area contributed by atoms with E-state index in [1.54, 1.807) is 0 Å². The molecule has 0 aliphatic rings. The molecule has 0 saturated heterocycles. The first-order valence-corrected chi connectivity index (χ1v) is 2.91. The number of nitrogens with two attached hydrogens (primary N) is 1. The van der Waals surface area contributed by atoms with Crippen molar-refractivity contribution in [2.75, 3.05) is 5.73 Å². The Morgan fingerprint density at radius 1 is 1.67 bits per heavy atom. The number of hydrogen-bond donors (Lipinski definition) is 1. The van der Waals surface area contributed by atoms with E-state index in [0.29, 0.717) is 17.7 Å². The number of nitrogen functional groups attached to an aromatic ring is 1. The van der Waals surface area contributed by atoms with Crippen LogP contribution in [-0.4, -0.2) is 4.98 Å². The molecule has 0 saturated carbocycles. The molecule has 0 unspecified atom stereocenters. The first-order valence-electron chi connectivity index (χ1n) is 2.91. The predicted molar refractivity (Wildman–Crippen MR) is 35.0 cm³/mol. The van der Waals surface area contributed by atoms with Crippen LogP contribution >= 0.6 is 0 Å². The Balaban J connectivity index is 2.85. The van der Waals surface area contributed by atoms with Gasteiger partial charge in [-0.05, 0) is 0 Å². The summed E-state index contributed by atoms with van der Waals surface area (Å²) in [4.78, 5) is 3.92. The van der Waals surface area contributed by atoms with E-state index in [0.717, 1.165) is 0 Å². The van der Waals surface area contributed by atoms with Crippen LogP contribution in [0.3, 0.4) is 0 Å². The number of aromatic nitrogens is 1. The number of nitrogens with zero attached hydrogens (tertiary/aromatic N) is 1. The maximum absolute atomic E-state index is 5.29. The third-order valence-corrected chi connectivity index (χ3v) is 1.04. The van der Waals surface area contributed by atoms with Crippen LogP contribution in [0.15, 0.2) is 10.6 Å². The van der Waals surface area contributed by atoms with Crippen LogP contribution in [0, 0.1) is 0 Å². The number of anilines is 1. The summed E-state index contributed by atoms with van der Waals surface area (Å²) in [6.45, 7) is 4.01. The van der Waals surface area contributed by atoms with Crippen molar-refractivity contribution in [3.63, 3.8) is 0 Å². The molecule has 0 aromatic carbocycles. The van der Waals surface area contributed by atoms with E-state index in [9.17, 15) is 0 Å². The molecule has 1 aromatic heterocycles. The van der Waals surface area contributed by atoms with Gasteiger partial charge in [0, 0.05) is 5.92 Å². The van der Waals surface area contributed by atoms with Crippen LogP contribution in [0.4, 0.5) is 5.88 Å². The predicted octanol–water partition coefficient (Wildman–Crippen LogP) is 1.38. The molecule has 9 heavy (non-hydrogen) atoms. The fourth-order valence-corrected chi connectivity index (χ4v) is 0.568. The van der Waals surface area contributed by atoms with Gasteiger partial charge in [-0.1, -0.05) is 13.8 Å². The second-order valence-electron chi connectivity index (χ2n) is 2.26. The Morgan fingerprint density at radius 2 is 2.33 bits per heavy atom. The molecule has 0 radical (unpaired) electrons. The maximum Gasteiger partial charge on any atom is 0.211 e. The van der Waals surface area contributed by atoms with Crippen LogP contribution < -0.4 is 5.73 Å². The number of oxazole rings is 1. The quantitative estimate of drug-likeness (QED) is 0.618. The van der Waals surface area contributed by atoms with Gasteiger partial charge in [-0.3, -0.25) is 0 Å². The maximum atomic E-state index is 5.29. The third kappa shape index (κ3) is 1.22. The molecule has 3 nitrogen and oxygen atoms in total. The summed E-state index contributed by atoms with van der Waals surface area (Å²) in [5, 5.41) is 0. The van der Waals surface area contributed by atoms with Crippen LogP contribution in [0.2, 0.25) is 0 Å². The van der Waals surface area contributed by atoms with Crippen molar-refractivity contribution < 1.29 is 4.42 Å². The number of hydrogen-bond acceptors (Lipinski definition) is 3. The lowest BCUT2D eigenvalue weighted by molar-refractivity contribution is 0.485. The average molecular weight is 126 g/mol. The fraction of sp³-hybridized carbons (Fsp3) is 0.500. The summed E-state index contributed by atoms with van der Waals surface area (Å²) in [5.74, 6) is 1.41. The normalized spacial score (nSPS) is 10.6. The van der Waals surface area contributed by atoms with Gasteiger partial charge in [-0.25, -0.2) is 4.98 Å². The molecular weight excluding hydrogens is 116 g/mol. The molecule has 3 heteroatoms. The summed E-state index contributed by atoms with van der Waals surface area (Å²) in [6, 6.07) is 0. The summed E-state index contributed by atoms with van der Waals surface area (Å²) in [7, 11) is 0. The molecule has 2 N–H and O–H groups in total. The Labute approximate surface area is 53.9 Å². The SMILES string of the molecule is CC(C)c1ncc(N)o1. The van der Waals surface area contributed by atoms with Crippen molar-refractivity contribution in [2.45, 2.75) is 19.8 Å². The van der Waals surface area contributed by atoms with E-state index >= 15 is 0 Å². The topological polar surface area (TPSA) is 52.0 Å². The van der Waals surface area contributed by atoms with Gasteiger partial charge in [-0.2, -0.15) is 0 Å². The molecule has 0 amide bonds. The molecule has 1 rings (SSSR count). The van der Waals surface area contributed by atoms with Crippen molar-refractivity contribution in [3.05, 3.63) is 12.1 Å². The average Bonchev–Trinajstić information content (AvgIpc) is 2.14. The zero-order chi connectivity index (χ0) is 6.85. The van der Waals surface area contributed by atoms with Gasteiger partial charge in [0.05, 0.1) is 6.20 Å². The van der Waals surface area contributed by atoms with Gasteiger partial charge in [0.25, 0.3) is 0 Å². The summed E-state index contributed by atoms with van der Waals surface area (Å²) >= 11 is 0. The monoisotopic (exact) mass is 126 g/mol. The highest BCUT2D eigenvalue weighted by molar-refractivity contribution is 5.18. The third-order valence-electron chi connectivity index (χ3n) is 1.04. The van der Waals surface area contributed by atoms with E-state index in [1.807, 2.05) is 13.8 Å². The van der Waals surface area contributed by atoms with Crippen molar-refractivity contribution in [1.29, 1.82) is 0 Å². The minimum atomic E-state index is 0.322. The van der Waals surface area contributed by atoms with Gasteiger partial charge in [-0.15, -0.1) is 0 Å². The Kier molecular flexibility index (Phi) is 1.42. The standard InChI is InChI=1S/C6H10N2O/c1-4(2)6-8-3-5(7)9-6/h3-4H,7H2,1-2H3. The smallest absolute Gasteiger partial charge is 0.211 e. The summed E-state index contributed by atoms with van der Waals surface area (Å²) in [6.07, 6.45) is 1.52. The van der Waals surface area contributed by atoms with Crippen LogP contribution in [-0.2, 0) is 0 Å². The fourth-order valence-electron chi connectivity index (χ4n) is 0.568. The summed E-state index contributed by atoms with van der Waals surface area (Å²) in [5.41, 5.74) is 5.29. The minimum Gasteiger partial charge on any atom is -0.425 e. The van der Waals surface area contributed by atoms with Crippen molar-refractivity contribution >= 4 is 5.88 Å². The van der Waals surface area contributed by atoms with Crippen LogP contribution in [0.5, 0.6) is 0 Å². The first-order chi connectivity index (χ1) is 4.20. The highest BCUT2D eigenvalue weighted by Crippen LogP contribution is 2.14. The van der Waals surface area contributed by atoms with Crippen molar-refractivity contribution in [2.24, 2.45) is 0 Å². The molecule has 1 aromatic rings. The number of rotatable bonds is 1. The lowest BCUT2D eigenvalue weighted by Crippen LogP contribution is -1.84. The lowest BCUT2D eigenvalue weighted by atomic mass is 10.2. The van der Waals surface area contributed by atoms with E-state index in [-0.39, 0.29) is 0 Å². The van der Waals surface area contributed by atoms with Gasteiger partial charge >= 0.3 is 0 Å². The van der Waals surface area contributed by atoms with E-state index < -0.39 is 0 Å². The molecule has 0 spiro atoms. The molecular formula is C6H10N2O. The first kappa shape index (κ1) is 6.13. The van der Waals surface area contributed by atoms with Crippen LogP contribution in [0.25, 0.3) is 0 Å². The van der Waals surface area contributed by atoms with E-state index in [2.05, 4.69) is 4.98 Å². The van der Waals surface area contributed by atoms with Crippen molar-refractivity contribution in [1.82, 2.24) is 4.98 Å². The highest BCUT2D eigenvalue weighted by Gasteiger charge is 2.03. The largest absolute Gasteiger partial charge is 0.425 e. The zero-order valence-corrected chi connectivity index (χ0v) is 5.59. The summed E-state index contributed by atoms with van der Waals surface area (Å²) < 4.78 is 5.01. The molecule has 1 heterocycles. The van der Waals surface area contributed by atoms with Gasteiger partial charge in [0.2, 0.25) is 5.88 Å². The Morgan fingerprint density at radius 3 is 2.56 bits per heavy atom. The van der Waals surface area contributed by atoms with Gasteiger partial charge in [0.15, 0.2) is 5.89 Å². The second-order valence-corrected chi connectivity index (χ2v) is 2.26. The Hall–Kier alpha value is -0.990. The lowest BCUT2D eigenvalue weighted by Gasteiger charge is -1.93. The molecule has 0 fully saturated rings. The zero-order valence-electron chi connectivity index (χ0n) is 5.59. The molecule has 0 aliphatic heterocycles. The Bertz CT molecular complexity index is 193. The highest BCUT2D eigenvalue weighted by atomic mass is 16.4. The molecule has 0 aliphatic carbocycles. The second kappa shape index (κ2) is 2.09. The van der Waals surface area contributed by atoms with E-state index in [1.165, 1.54) is 6.20 Å². The van der Waals surface area contributed by atoms with Crippen molar-refractivity contribution in [3.8, 4) is 0 Å². The molecule has 0 bridgehead atoms. The minimum absolute atomic E-state index is 0.322.